The second-order valence-electron chi connectivity index (χ2n) is 5.73. The van der Waals surface area contributed by atoms with Gasteiger partial charge >= 0.3 is 5.97 Å². The fraction of sp³-hybridized carbons (Fsp3) is 0.421. The average molecular weight is 343 g/mol. The van der Waals surface area contributed by atoms with Gasteiger partial charge in [0.15, 0.2) is 0 Å². The van der Waals surface area contributed by atoms with E-state index in [0.29, 0.717) is 5.69 Å². The summed E-state index contributed by atoms with van der Waals surface area (Å²) in [6, 6.07) is 7.76. The second-order valence-corrected chi connectivity index (χ2v) is 5.73. The third-order valence-corrected chi connectivity index (χ3v) is 3.66. The number of benzene rings is 1. The quantitative estimate of drug-likeness (QED) is 0.500. The number of rotatable bonds is 10. The predicted octanol–water partition coefficient (Wildman–Crippen LogP) is 3.63. The van der Waals surface area contributed by atoms with Gasteiger partial charge in [-0.2, -0.15) is 5.26 Å². The molecular formula is C19H25N3O3. The third kappa shape index (κ3) is 7.08. The number of hydrogen-bond acceptors (Lipinski definition) is 4. The number of unbranched alkanes of at least 4 members (excludes halogenated alkanes) is 2. The van der Waals surface area contributed by atoms with E-state index in [1.807, 2.05) is 11.0 Å². The number of nitrogens with zero attached hydrogens (tertiary/aromatic N) is 2. The third-order valence-electron chi connectivity index (χ3n) is 3.66. The first-order chi connectivity index (χ1) is 12.0. The Kier molecular flexibility index (Phi) is 8.80. The molecule has 0 bridgehead atoms. The van der Waals surface area contributed by atoms with Crippen molar-refractivity contribution in [2.75, 3.05) is 18.4 Å². The molecule has 0 saturated heterocycles. The Morgan fingerprint density at radius 2 is 1.72 bits per heavy atom. The van der Waals surface area contributed by atoms with Crippen molar-refractivity contribution < 1.29 is 14.7 Å². The maximum atomic E-state index is 12.3. The normalized spacial score (nSPS) is 10.8. The lowest BCUT2D eigenvalue weighted by Crippen LogP contribution is -2.23. The van der Waals surface area contributed by atoms with Crippen LogP contribution in [0.2, 0.25) is 0 Å². The average Bonchev–Trinajstić information content (AvgIpc) is 2.61. The maximum Gasteiger partial charge on any atom is 0.335 e. The molecule has 1 amide bonds. The lowest BCUT2D eigenvalue weighted by Gasteiger charge is -2.20. The van der Waals surface area contributed by atoms with Crippen LogP contribution >= 0.6 is 0 Å². The van der Waals surface area contributed by atoms with E-state index < -0.39 is 11.9 Å². The Morgan fingerprint density at radius 3 is 2.16 bits per heavy atom. The van der Waals surface area contributed by atoms with E-state index in [9.17, 15) is 14.9 Å². The molecule has 1 rings (SSSR count). The summed E-state index contributed by atoms with van der Waals surface area (Å²) in [5.41, 5.74) is 0.624. The summed E-state index contributed by atoms with van der Waals surface area (Å²) in [6.45, 7) is 5.81. The van der Waals surface area contributed by atoms with Crippen molar-refractivity contribution in [1.29, 1.82) is 5.26 Å². The molecule has 2 N–H and O–H groups in total. The number of aromatic carboxylic acids is 1. The minimum Gasteiger partial charge on any atom is -0.478 e. The number of hydrogen-bond donors (Lipinski definition) is 2. The predicted molar refractivity (Wildman–Crippen MR) is 97.1 cm³/mol. The molecule has 134 valence electrons. The molecule has 1 aromatic rings. The molecule has 0 aromatic heterocycles. The molecule has 0 aliphatic heterocycles. The van der Waals surface area contributed by atoms with Gasteiger partial charge in [-0.15, -0.1) is 0 Å². The Labute approximate surface area is 148 Å². The molecule has 0 spiro atoms. The number of nitrogens with one attached hydrogen (secondary N) is 1. The molecule has 0 radical (unpaired) electrons. The highest BCUT2D eigenvalue weighted by molar-refractivity contribution is 6.06. The van der Waals surface area contributed by atoms with Gasteiger partial charge in [0.1, 0.15) is 11.6 Å². The zero-order valence-electron chi connectivity index (χ0n) is 14.8. The molecule has 0 saturated carbocycles. The number of amides is 1. The molecule has 6 heteroatoms. The lowest BCUT2D eigenvalue weighted by atomic mass is 10.2. The van der Waals surface area contributed by atoms with Gasteiger partial charge < -0.3 is 15.3 Å². The van der Waals surface area contributed by atoms with Crippen molar-refractivity contribution in [1.82, 2.24) is 4.90 Å². The smallest absolute Gasteiger partial charge is 0.335 e. The molecule has 0 atom stereocenters. The molecule has 25 heavy (non-hydrogen) atoms. The number of carboxylic acids is 1. The van der Waals surface area contributed by atoms with Crippen molar-refractivity contribution in [3.8, 4) is 6.07 Å². The summed E-state index contributed by atoms with van der Waals surface area (Å²) in [7, 11) is 0. The van der Waals surface area contributed by atoms with E-state index in [4.69, 9.17) is 5.11 Å². The number of nitriles is 1. The zero-order chi connectivity index (χ0) is 18.7. The summed E-state index contributed by atoms with van der Waals surface area (Å²) in [6.07, 6.45) is 5.70. The maximum absolute atomic E-state index is 12.3. The van der Waals surface area contributed by atoms with Crippen molar-refractivity contribution in [2.24, 2.45) is 0 Å². The number of carbonyl (C=O) groups is 2. The lowest BCUT2D eigenvalue weighted by molar-refractivity contribution is -0.112. The fourth-order valence-electron chi connectivity index (χ4n) is 2.18. The van der Waals surface area contributed by atoms with Crippen LogP contribution < -0.4 is 5.32 Å². The molecule has 0 aliphatic carbocycles. The van der Waals surface area contributed by atoms with Gasteiger partial charge in [0.2, 0.25) is 0 Å². The first-order valence-electron chi connectivity index (χ1n) is 8.52. The van der Waals surface area contributed by atoms with Crippen LogP contribution in [-0.4, -0.2) is 35.0 Å². The Morgan fingerprint density at radius 1 is 1.16 bits per heavy atom. The molecule has 0 aliphatic rings. The highest BCUT2D eigenvalue weighted by atomic mass is 16.4. The summed E-state index contributed by atoms with van der Waals surface area (Å²) >= 11 is 0. The van der Waals surface area contributed by atoms with Crippen LogP contribution in [0.4, 0.5) is 5.69 Å². The van der Waals surface area contributed by atoms with Gasteiger partial charge in [-0.1, -0.05) is 26.7 Å². The highest BCUT2D eigenvalue weighted by Crippen LogP contribution is 2.12. The summed E-state index contributed by atoms with van der Waals surface area (Å²) in [5.74, 6) is -1.53. The van der Waals surface area contributed by atoms with E-state index in [-0.39, 0.29) is 11.1 Å². The number of carbonyl (C=O) groups excluding carboxylic acids is 1. The fourth-order valence-corrected chi connectivity index (χ4v) is 2.18. The summed E-state index contributed by atoms with van der Waals surface area (Å²) in [4.78, 5) is 25.2. The number of anilines is 1. The molecule has 6 nitrogen and oxygen atoms in total. The van der Waals surface area contributed by atoms with Gasteiger partial charge in [-0.25, -0.2) is 4.79 Å². The standard InChI is InChI=1S/C19H25N3O3/c1-3-5-11-22(12-6-4-2)14-16(13-20)18(23)21-17-9-7-15(8-10-17)19(24)25/h7-10,14H,3-6,11-12H2,1-2H3,(H,21,23)(H,24,25)/b16-14-. The summed E-state index contributed by atoms with van der Waals surface area (Å²) in [5, 5.41) is 20.8. The van der Waals surface area contributed by atoms with E-state index in [1.165, 1.54) is 24.3 Å². The van der Waals surface area contributed by atoms with Crippen LogP contribution in [0.25, 0.3) is 0 Å². The second kappa shape index (κ2) is 10.9. The van der Waals surface area contributed by atoms with Crippen molar-refractivity contribution in [3.05, 3.63) is 41.6 Å². The minimum atomic E-state index is -1.03. The molecule has 1 aromatic carbocycles. The van der Waals surface area contributed by atoms with E-state index in [0.717, 1.165) is 38.8 Å². The SMILES string of the molecule is CCCCN(/C=C(/C#N)C(=O)Nc1ccc(C(=O)O)cc1)CCCC. The van der Waals surface area contributed by atoms with Crippen molar-refractivity contribution in [3.63, 3.8) is 0 Å². The van der Waals surface area contributed by atoms with Gasteiger partial charge in [0.25, 0.3) is 5.91 Å². The van der Waals surface area contributed by atoms with Crippen LogP contribution in [0.3, 0.4) is 0 Å². The largest absolute Gasteiger partial charge is 0.478 e. The minimum absolute atomic E-state index is 0.0366. The first-order valence-corrected chi connectivity index (χ1v) is 8.52. The Balaban J connectivity index is 2.82. The highest BCUT2D eigenvalue weighted by Gasteiger charge is 2.12. The van der Waals surface area contributed by atoms with E-state index in [2.05, 4.69) is 19.2 Å². The van der Waals surface area contributed by atoms with Crippen LogP contribution in [0.15, 0.2) is 36.0 Å². The topological polar surface area (TPSA) is 93.4 Å². The van der Waals surface area contributed by atoms with Crippen molar-refractivity contribution >= 4 is 17.6 Å². The van der Waals surface area contributed by atoms with Gasteiger partial charge in [0.05, 0.1) is 5.56 Å². The molecule has 0 heterocycles. The zero-order valence-corrected chi connectivity index (χ0v) is 14.8. The van der Waals surface area contributed by atoms with Crippen LogP contribution in [0.1, 0.15) is 49.9 Å². The van der Waals surface area contributed by atoms with Crippen molar-refractivity contribution in [2.45, 2.75) is 39.5 Å². The van der Waals surface area contributed by atoms with E-state index in [1.54, 1.807) is 6.20 Å². The van der Waals surface area contributed by atoms with E-state index >= 15 is 0 Å². The van der Waals surface area contributed by atoms with Crippen LogP contribution in [0, 0.1) is 11.3 Å². The van der Waals surface area contributed by atoms with Crippen LogP contribution in [-0.2, 0) is 4.79 Å². The van der Waals surface area contributed by atoms with Crippen LogP contribution in [0.5, 0.6) is 0 Å². The van der Waals surface area contributed by atoms with Gasteiger partial charge in [-0.05, 0) is 37.1 Å². The first kappa shape index (κ1) is 20.2. The van der Waals surface area contributed by atoms with Gasteiger partial charge in [0, 0.05) is 25.0 Å². The Bertz CT molecular complexity index is 637. The van der Waals surface area contributed by atoms with Gasteiger partial charge in [-0.3, -0.25) is 4.79 Å². The monoisotopic (exact) mass is 343 g/mol. The Hall–Kier alpha value is -2.81. The summed E-state index contributed by atoms with van der Waals surface area (Å²) < 4.78 is 0. The molecular weight excluding hydrogens is 318 g/mol. The molecule has 0 fully saturated rings. The number of carboxylic acid groups (broad SMARTS) is 1. The molecule has 0 unspecified atom stereocenters.